The highest BCUT2D eigenvalue weighted by atomic mass is 16.6. The highest BCUT2D eigenvalue weighted by Crippen LogP contribution is 2.17. The van der Waals surface area contributed by atoms with Crippen LogP contribution in [0.5, 0.6) is 0 Å². The molecule has 0 aromatic rings. The maximum absolute atomic E-state index is 11.6. The Kier molecular flexibility index (Phi) is 6.73. The molecule has 0 saturated heterocycles. The van der Waals surface area contributed by atoms with Crippen LogP contribution in [0.1, 0.15) is 53.9 Å². The van der Waals surface area contributed by atoms with Crippen molar-refractivity contribution in [2.45, 2.75) is 59.5 Å². The lowest BCUT2D eigenvalue weighted by molar-refractivity contribution is -0.155. The number of carboxylic acid groups (broad SMARTS) is 1. The predicted molar refractivity (Wildman–Crippen MR) is 70.7 cm³/mol. The second-order valence-electron chi connectivity index (χ2n) is 5.99. The van der Waals surface area contributed by atoms with Gasteiger partial charge in [0.15, 0.2) is 0 Å². The molecule has 0 saturated carbocycles. The summed E-state index contributed by atoms with van der Waals surface area (Å²) in [5.74, 6) is -2.59. The number of hydrogen-bond acceptors (Lipinski definition) is 4. The summed E-state index contributed by atoms with van der Waals surface area (Å²) in [7, 11) is 0. The number of ether oxygens (including phenoxy) is 1. The average Bonchev–Trinajstić information content (AvgIpc) is 2.20. The third-order valence-corrected chi connectivity index (χ3v) is 2.56. The zero-order chi connectivity index (χ0) is 15.2. The zero-order valence-electron chi connectivity index (χ0n) is 12.4. The van der Waals surface area contributed by atoms with E-state index in [0.29, 0.717) is 0 Å². The van der Waals surface area contributed by atoms with Crippen molar-refractivity contribution in [1.82, 2.24) is 0 Å². The van der Waals surface area contributed by atoms with E-state index >= 15 is 0 Å². The Bertz CT molecular complexity index is 338. The molecule has 0 aromatic carbocycles. The number of carbonyl (C=O) groups is 3. The molecule has 1 N–H and O–H groups in total. The summed E-state index contributed by atoms with van der Waals surface area (Å²) in [5.41, 5.74) is -0.580. The van der Waals surface area contributed by atoms with Gasteiger partial charge in [-0.1, -0.05) is 13.8 Å². The summed E-state index contributed by atoms with van der Waals surface area (Å²) in [5, 5.41) is 9.05. The van der Waals surface area contributed by atoms with Gasteiger partial charge in [-0.2, -0.15) is 0 Å². The van der Waals surface area contributed by atoms with Crippen LogP contribution in [-0.4, -0.2) is 28.4 Å². The van der Waals surface area contributed by atoms with Gasteiger partial charge < -0.3 is 9.84 Å². The van der Waals surface area contributed by atoms with Crippen LogP contribution in [0.4, 0.5) is 0 Å². The van der Waals surface area contributed by atoms with Gasteiger partial charge >= 0.3 is 11.9 Å². The number of hydrogen-bond donors (Lipinski definition) is 1. The van der Waals surface area contributed by atoms with Gasteiger partial charge in [0, 0.05) is 18.8 Å². The van der Waals surface area contributed by atoms with Gasteiger partial charge in [0.25, 0.3) is 0 Å². The highest BCUT2D eigenvalue weighted by molar-refractivity contribution is 5.85. The third-order valence-electron chi connectivity index (χ3n) is 2.56. The van der Waals surface area contributed by atoms with Crippen molar-refractivity contribution in [3.63, 3.8) is 0 Å². The lowest BCUT2D eigenvalue weighted by atomic mass is 9.93. The molecule has 0 unspecified atom stereocenters. The predicted octanol–water partition coefficient (Wildman–Crippen LogP) is 2.42. The van der Waals surface area contributed by atoms with Crippen LogP contribution in [0.3, 0.4) is 0 Å². The van der Waals surface area contributed by atoms with Crippen molar-refractivity contribution < 1.29 is 24.2 Å². The van der Waals surface area contributed by atoms with Crippen molar-refractivity contribution in [3.05, 3.63) is 0 Å². The van der Waals surface area contributed by atoms with E-state index in [2.05, 4.69) is 0 Å². The fourth-order valence-corrected chi connectivity index (χ4v) is 1.48. The van der Waals surface area contributed by atoms with Crippen LogP contribution in [0.2, 0.25) is 0 Å². The number of Topliss-reactive ketones (excluding diaryl/α,β-unsaturated/α-hetero) is 1. The highest BCUT2D eigenvalue weighted by Gasteiger charge is 2.24. The van der Waals surface area contributed by atoms with Gasteiger partial charge in [-0.05, 0) is 27.2 Å². The molecule has 0 aliphatic heterocycles. The van der Waals surface area contributed by atoms with E-state index < -0.39 is 23.5 Å². The molecular weight excluding hydrogens is 248 g/mol. The summed E-state index contributed by atoms with van der Waals surface area (Å²) in [4.78, 5) is 34.1. The standard InChI is InChI=1S/C14H24O5/c1-9(2)11(15)8-10(13(17)18)6-7-12(16)19-14(3,4)5/h9-10H,6-8H2,1-5H3,(H,17,18)/t10-/m1/s1. The molecule has 0 aliphatic rings. The maximum Gasteiger partial charge on any atom is 0.306 e. The number of esters is 1. The first kappa shape index (κ1) is 17.6. The van der Waals surface area contributed by atoms with Crippen molar-refractivity contribution in [3.8, 4) is 0 Å². The van der Waals surface area contributed by atoms with Gasteiger partial charge in [-0.25, -0.2) is 0 Å². The molecule has 0 bridgehead atoms. The van der Waals surface area contributed by atoms with E-state index in [1.807, 2.05) is 0 Å². The summed E-state index contributed by atoms with van der Waals surface area (Å²) < 4.78 is 5.10. The van der Waals surface area contributed by atoms with Gasteiger partial charge in [0.05, 0.1) is 5.92 Å². The van der Waals surface area contributed by atoms with E-state index in [1.54, 1.807) is 34.6 Å². The van der Waals surface area contributed by atoms with Gasteiger partial charge in [-0.3, -0.25) is 14.4 Å². The fourth-order valence-electron chi connectivity index (χ4n) is 1.48. The average molecular weight is 272 g/mol. The number of ketones is 1. The molecule has 0 heterocycles. The molecule has 0 aromatic heterocycles. The van der Waals surface area contributed by atoms with E-state index in [4.69, 9.17) is 9.84 Å². The first-order chi connectivity index (χ1) is 8.53. The Morgan fingerprint density at radius 3 is 2.05 bits per heavy atom. The number of rotatable bonds is 7. The molecule has 5 heteroatoms. The lowest BCUT2D eigenvalue weighted by Gasteiger charge is -2.20. The third kappa shape index (κ3) is 8.35. The molecule has 1 atom stereocenters. The molecule has 19 heavy (non-hydrogen) atoms. The van der Waals surface area contributed by atoms with E-state index in [0.717, 1.165) is 0 Å². The van der Waals surface area contributed by atoms with Crippen LogP contribution in [0, 0.1) is 11.8 Å². The molecular formula is C14H24O5. The molecule has 0 radical (unpaired) electrons. The Hall–Kier alpha value is -1.39. The lowest BCUT2D eigenvalue weighted by Crippen LogP contribution is -2.26. The summed E-state index contributed by atoms with van der Waals surface area (Å²) in [6.45, 7) is 8.72. The topological polar surface area (TPSA) is 80.7 Å². The van der Waals surface area contributed by atoms with Crippen LogP contribution in [0.25, 0.3) is 0 Å². The van der Waals surface area contributed by atoms with Gasteiger partial charge in [0.2, 0.25) is 0 Å². The summed E-state index contributed by atoms with van der Waals surface area (Å²) in [6.07, 6.45) is 0.109. The van der Waals surface area contributed by atoms with Crippen molar-refractivity contribution in [2.75, 3.05) is 0 Å². The van der Waals surface area contributed by atoms with Gasteiger partial charge in [0.1, 0.15) is 11.4 Å². The minimum atomic E-state index is -1.04. The second-order valence-corrected chi connectivity index (χ2v) is 5.99. The summed E-state index contributed by atoms with van der Waals surface area (Å²) >= 11 is 0. The second kappa shape index (κ2) is 7.26. The van der Waals surface area contributed by atoms with Crippen molar-refractivity contribution in [1.29, 1.82) is 0 Å². The quantitative estimate of drug-likeness (QED) is 0.720. The molecule has 0 spiro atoms. The Morgan fingerprint density at radius 2 is 1.68 bits per heavy atom. The summed E-state index contributed by atoms with van der Waals surface area (Å²) in [6, 6.07) is 0. The van der Waals surface area contributed by atoms with Crippen molar-refractivity contribution in [2.24, 2.45) is 11.8 Å². The Balaban J connectivity index is 4.34. The van der Waals surface area contributed by atoms with Crippen LogP contribution >= 0.6 is 0 Å². The maximum atomic E-state index is 11.6. The van der Waals surface area contributed by atoms with Gasteiger partial charge in [-0.15, -0.1) is 0 Å². The first-order valence-electron chi connectivity index (χ1n) is 6.50. The van der Waals surface area contributed by atoms with Crippen LogP contribution in [-0.2, 0) is 19.1 Å². The number of carbonyl (C=O) groups excluding carboxylic acids is 2. The largest absolute Gasteiger partial charge is 0.481 e. The fraction of sp³-hybridized carbons (Fsp3) is 0.786. The molecule has 0 amide bonds. The number of carboxylic acids is 1. The minimum absolute atomic E-state index is 0.0135. The minimum Gasteiger partial charge on any atom is -0.481 e. The molecule has 5 nitrogen and oxygen atoms in total. The van der Waals surface area contributed by atoms with Crippen LogP contribution in [0.15, 0.2) is 0 Å². The molecule has 0 aliphatic carbocycles. The smallest absolute Gasteiger partial charge is 0.306 e. The monoisotopic (exact) mass is 272 g/mol. The van der Waals surface area contributed by atoms with E-state index in [9.17, 15) is 14.4 Å². The Morgan fingerprint density at radius 1 is 1.16 bits per heavy atom. The van der Waals surface area contributed by atoms with Crippen molar-refractivity contribution >= 4 is 17.7 Å². The van der Waals surface area contributed by atoms with E-state index in [1.165, 1.54) is 0 Å². The van der Waals surface area contributed by atoms with Crippen LogP contribution < -0.4 is 0 Å². The van der Waals surface area contributed by atoms with E-state index in [-0.39, 0.29) is 31.0 Å². The Labute approximate surface area is 114 Å². The first-order valence-corrected chi connectivity index (χ1v) is 6.50. The molecule has 0 rings (SSSR count). The molecule has 0 fully saturated rings. The number of aliphatic carboxylic acids is 1. The SMILES string of the molecule is CC(C)C(=O)C[C@@H](CCC(=O)OC(C)(C)C)C(=O)O. The normalized spacial score (nSPS) is 13.2. The zero-order valence-corrected chi connectivity index (χ0v) is 12.4. The molecule has 110 valence electrons.